The number of fused-ring (bicyclic) bond motifs is 2. The van der Waals surface area contributed by atoms with Gasteiger partial charge in [-0.25, -0.2) is 28.0 Å². The fourth-order valence-corrected chi connectivity index (χ4v) is 5.91. The Balaban J connectivity index is 0.000000491. The fourth-order valence-electron chi connectivity index (χ4n) is 5.69. The first-order valence-corrected chi connectivity index (χ1v) is 16.2. The third kappa shape index (κ3) is 8.06. The van der Waals surface area contributed by atoms with E-state index in [4.69, 9.17) is 31.5 Å². The second-order valence-corrected chi connectivity index (χ2v) is 12.9. The van der Waals surface area contributed by atoms with Crippen LogP contribution < -0.4 is 20.2 Å². The molecular formula is C32H44ClF3N8O4. The van der Waals surface area contributed by atoms with E-state index < -0.39 is 29.5 Å². The lowest BCUT2D eigenvalue weighted by molar-refractivity contribution is -0.0309. The Hall–Kier alpha value is -3.82. The highest BCUT2D eigenvalue weighted by atomic mass is 35.5. The van der Waals surface area contributed by atoms with Gasteiger partial charge in [0, 0.05) is 38.8 Å². The van der Waals surface area contributed by atoms with Crippen LogP contribution in [0.4, 0.5) is 29.5 Å². The van der Waals surface area contributed by atoms with E-state index in [2.05, 4.69) is 19.9 Å². The molecule has 0 radical (unpaired) electrons. The number of anilines is 2. The van der Waals surface area contributed by atoms with Gasteiger partial charge in [0.05, 0.1) is 24.4 Å². The third-order valence-corrected chi connectivity index (χ3v) is 8.23. The summed E-state index contributed by atoms with van der Waals surface area (Å²) in [6.07, 6.45) is 2.18. The highest BCUT2D eigenvalue weighted by Gasteiger charge is 2.35. The zero-order chi connectivity index (χ0) is 35.5. The molecule has 264 valence electrons. The first-order valence-electron chi connectivity index (χ1n) is 15.8. The van der Waals surface area contributed by atoms with Crippen molar-refractivity contribution in [3.63, 3.8) is 0 Å². The average Bonchev–Trinajstić information content (AvgIpc) is 3.61. The number of aromatic nitrogens is 3. The van der Waals surface area contributed by atoms with Gasteiger partial charge in [0.1, 0.15) is 28.4 Å². The Morgan fingerprint density at radius 2 is 1.85 bits per heavy atom. The predicted octanol–water partition coefficient (Wildman–Crippen LogP) is 6.26. The van der Waals surface area contributed by atoms with E-state index in [9.17, 15) is 13.6 Å². The van der Waals surface area contributed by atoms with Crippen LogP contribution in [0, 0.1) is 11.6 Å². The highest BCUT2D eigenvalue weighted by molar-refractivity contribution is 6.31. The molecule has 0 bridgehead atoms. The van der Waals surface area contributed by atoms with Crippen molar-refractivity contribution in [2.45, 2.75) is 71.7 Å². The smallest absolute Gasteiger partial charge is 0.426 e. The van der Waals surface area contributed by atoms with Crippen molar-refractivity contribution >= 4 is 40.1 Å². The Morgan fingerprint density at radius 1 is 1.15 bits per heavy atom. The van der Waals surface area contributed by atoms with E-state index in [-0.39, 0.29) is 63.7 Å². The van der Waals surface area contributed by atoms with Gasteiger partial charge in [0.15, 0.2) is 17.5 Å². The summed E-state index contributed by atoms with van der Waals surface area (Å²) in [4.78, 5) is 28.1. The highest BCUT2D eigenvalue weighted by Crippen LogP contribution is 2.40. The summed E-state index contributed by atoms with van der Waals surface area (Å²) in [7, 11) is 4.46. The maximum absolute atomic E-state index is 16.1. The van der Waals surface area contributed by atoms with Crippen LogP contribution in [0.25, 0.3) is 22.2 Å². The summed E-state index contributed by atoms with van der Waals surface area (Å²) < 4.78 is 59.3. The Morgan fingerprint density at radius 3 is 2.44 bits per heavy atom. The van der Waals surface area contributed by atoms with Crippen molar-refractivity contribution in [2.24, 2.45) is 0 Å². The van der Waals surface area contributed by atoms with Gasteiger partial charge in [0.2, 0.25) is 5.88 Å². The van der Waals surface area contributed by atoms with E-state index in [1.165, 1.54) is 49.3 Å². The van der Waals surface area contributed by atoms with Crippen LogP contribution in [-0.4, -0.2) is 101 Å². The lowest BCUT2D eigenvalue weighted by atomic mass is 10.1. The second kappa shape index (κ2) is 15.2. The largest absolute Gasteiger partial charge is 0.477 e. The number of nitrogens with two attached hydrogens (primary N) is 1. The molecule has 0 aliphatic carbocycles. The maximum atomic E-state index is 16.1. The van der Waals surface area contributed by atoms with Crippen LogP contribution >= 0.6 is 11.6 Å². The summed E-state index contributed by atoms with van der Waals surface area (Å²) >= 11 is 5.97. The van der Waals surface area contributed by atoms with Crippen LogP contribution in [0.2, 0.25) is 5.02 Å². The molecule has 2 aromatic heterocycles. The van der Waals surface area contributed by atoms with Crippen molar-refractivity contribution in [1.82, 2.24) is 30.0 Å². The van der Waals surface area contributed by atoms with E-state index in [0.717, 1.165) is 13.0 Å². The molecule has 2 atom stereocenters. The first-order chi connectivity index (χ1) is 22.6. The lowest BCUT2D eigenvalue weighted by Crippen LogP contribution is -2.53. The number of ether oxygens (including phenoxy) is 3. The van der Waals surface area contributed by atoms with Crippen molar-refractivity contribution < 1.29 is 32.2 Å². The SMILES string of the molecule is CCOc1nc(-c2cc(N)c(F)c(Cl)c2)c(F)c2nc(OC)nc(N(CC)N(C)N(C)C(=O)OC(C)(C)C)c12.FC1CC2CCCN2C1. The molecular weight excluding hydrogens is 653 g/mol. The molecule has 2 unspecified atom stereocenters. The van der Waals surface area contributed by atoms with Gasteiger partial charge in [-0.05, 0) is 72.6 Å². The summed E-state index contributed by atoms with van der Waals surface area (Å²) in [5.41, 5.74) is 4.44. The number of hydrogen-bond donors (Lipinski definition) is 1. The van der Waals surface area contributed by atoms with Gasteiger partial charge >= 0.3 is 12.1 Å². The second-order valence-electron chi connectivity index (χ2n) is 12.5. The van der Waals surface area contributed by atoms with Crippen molar-refractivity contribution in [1.29, 1.82) is 0 Å². The van der Waals surface area contributed by atoms with Crippen molar-refractivity contribution in [2.75, 3.05) is 58.2 Å². The molecule has 16 heteroatoms. The maximum Gasteiger partial charge on any atom is 0.426 e. The molecule has 3 aromatic rings. The number of hydrogen-bond acceptors (Lipinski definition) is 11. The van der Waals surface area contributed by atoms with Gasteiger partial charge in [-0.3, -0.25) is 9.91 Å². The van der Waals surface area contributed by atoms with E-state index in [1.807, 2.05) is 6.92 Å². The number of nitrogens with zero attached hydrogens (tertiary/aromatic N) is 7. The van der Waals surface area contributed by atoms with Crippen molar-refractivity contribution in [3.05, 3.63) is 28.8 Å². The zero-order valence-electron chi connectivity index (χ0n) is 28.6. The molecule has 12 nitrogen and oxygen atoms in total. The zero-order valence-corrected chi connectivity index (χ0v) is 29.4. The van der Waals surface area contributed by atoms with Crippen molar-refractivity contribution in [3.8, 4) is 23.1 Å². The minimum atomic E-state index is -0.864. The number of halogens is 4. The van der Waals surface area contributed by atoms with E-state index in [1.54, 1.807) is 39.8 Å². The number of nitrogen functional groups attached to an aromatic ring is 1. The normalized spacial score (nSPS) is 17.6. The molecule has 0 spiro atoms. The Bertz CT molecular complexity index is 1590. The molecule has 2 saturated heterocycles. The van der Waals surface area contributed by atoms with Gasteiger partial charge in [-0.1, -0.05) is 11.6 Å². The minimum absolute atomic E-state index is 0.00709. The van der Waals surface area contributed by atoms with Crippen LogP contribution in [0.5, 0.6) is 11.9 Å². The number of carbonyl (C=O) groups excluding carboxylic acids is 1. The first kappa shape index (κ1) is 37.0. The molecule has 2 aliphatic rings. The summed E-state index contributed by atoms with van der Waals surface area (Å²) in [5, 5.41) is 4.08. The summed E-state index contributed by atoms with van der Waals surface area (Å²) in [5.74, 6) is -1.55. The van der Waals surface area contributed by atoms with Crippen LogP contribution in [-0.2, 0) is 4.74 Å². The topological polar surface area (TPSA) is 122 Å². The molecule has 0 saturated carbocycles. The number of hydrazine groups is 2. The molecule has 4 heterocycles. The van der Waals surface area contributed by atoms with Crippen LogP contribution in [0.1, 0.15) is 53.9 Å². The summed E-state index contributed by atoms with van der Waals surface area (Å²) in [6.45, 7) is 11.1. The fraction of sp³-hybridized carbons (Fsp3) is 0.562. The Kier molecular flexibility index (Phi) is 11.7. The molecule has 48 heavy (non-hydrogen) atoms. The van der Waals surface area contributed by atoms with Gasteiger partial charge in [0.25, 0.3) is 0 Å². The van der Waals surface area contributed by atoms with E-state index >= 15 is 4.39 Å². The number of methoxy groups -OCH3 is 1. The standard InChI is InChI=1S/C25H32ClF2N7O4.C7H12FN/c1-9-35(34(7)33(6)24(36)39-25(3,4)5)21-16-20(31-23(32-21)37-8)18(28)19(30-22(16)38-10-2)13-11-14(26)17(27)15(29)12-13;8-6-4-7-2-1-3-9(7)5-6/h11-12H,9-10,29H2,1-8H3;6-7H,1-5H2. The van der Waals surface area contributed by atoms with Crippen LogP contribution in [0.15, 0.2) is 12.1 Å². The molecule has 1 aromatic carbocycles. The molecule has 2 aliphatic heterocycles. The average molecular weight is 697 g/mol. The lowest BCUT2D eigenvalue weighted by Gasteiger charge is -2.38. The third-order valence-electron chi connectivity index (χ3n) is 7.95. The number of alkyl halides is 1. The molecule has 1 amide bonds. The summed E-state index contributed by atoms with van der Waals surface area (Å²) in [6, 6.07) is 2.89. The van der Waals surface area contributed by atoms with E-state index in [0.29, 0.717) is 12.6 Å². The number of carbonyl (C=O) groups is 1. The molecule has 2 fully saturated rings. The molecule has 5 rings (SSSR count). The van der Waals surface area contributed by atoms with Crippen LogP contribution in [0.3, 0.4) is 0 Å². The number of amides is 1. The van der Waals surface area contributed by atoms with Gasteiger partial charge < -0.3 is 19.9 Å². The number of pyridine rings is 1. The number of benzene rings is 1. The minimum Gasteiger partial charge on any atom is -0.477 e. The predicted molar refractivity (Wildman–Crippen MR) is 179 cm³/mol. The van der Waals surface area contributed by atoms with Gasteiger partial charge in [-0.15, -0.1) is 5.12 Å². The van der Waals surface area contributed by atoms with Gasteiger partial charge in [-0.2, -0.15) is 9.97 Å². The number of rotatable bonds is 8. The quantitative estimate of drug-likeness (QED) is 0.212. The Labute approximate surface area is 283 Å². The molecule has 2 N–H and O–H groups in total. The monoisotopic (exact) mass is 696 g/mol.